The number of aliphatic hydroxyl groups is 1. The number of carbonyl (C=O) groups excluding carboxylic acids is 1. The SMILES string of the molecule is CCCCCC(C)C.CCc1ccc2cc(F)ccc2c1.NC(=O)Nc1cnccc1OCCO. The molecule has 0 atom stereocenters. The van der Waals surface area contributed by atoms with Gasteiger partial charge in [0.2, 0.25) is 0 Å². The number of hydrogen-bond donors (Lipinski definition) is 3. The molecule has 2 aromatic carbocycles. The summed E-state index contributed by atoms with van der Waals surface area (Å²) in [5.41, 5.74) is 6.61. The third-order valence-corrected chi connectivity index (χ3v) is 5.05. The molecule has 4 N–H and O–H groups in total. The van der Waals surface area contributed by atoms with Crippen molar-refractivity contribution in [2.75, 3.05) is 18.5 Å². The second-order valence-corrected chi connectivity index (χ2v) is 8.50. The number of nitrogens with one attached hydrogen (secondary N) is 1. The Labute approximate surface area is 208 Å². The van der Waals surface area contributed by atoms with Crippen molar-refractivity contribution >= 4 is 22.5 Å². The van der Waals surface area contributed by atoms with Crippen molar-refractivity contribution in [2.45, 2.75) is 59.8 Å². The fourth-order valence-electron chi connectivity index (χ4n) is 3.18. The molecule has 0 bridgehead atoms. The standard InChI is InChI=1S/C12H11F.C8H11N3O3.C8H18/c1-2-9-3-4-11-8-12(13)6-5-10(11)7-9;9-8(13)11-6-5-10-2-1-7(6)14-4-3-12;1-4-5-6-7-8(2)3/h3-8H,2H2,1H3;1-2,5,12H,3-4H2,(H3,9,11,13);8H,4-7H2,1-3H3. The summed E-state index contributed by atoms with van der Waals surface area (Å²) in [5.74, 6) is 1.16. The molecule has 0 saturated carbocycles. The molecular weight excluding hydrogens is 445 g/mol. The van der Waals surface area contributed by atoms with Gasteiger partial charge in [0.15, 0.2) is 0 Å². The number of carbonyl (C=O) groups is 1. The zero-order chi connectivity index (χ0) is 26.1. The van der Waals surface area contributed by atoms with Crippen molar-refractivity contribution in [3.63, 3.8) is 0 Å². The Bertz CT molecular complexity index is 1010. The van der Waals surface area contributed by atoms with E-state index in [9.17, 15) is 9.18 Å². The Kier molecular flexibility index (Phi) is 14.7. The van der Waals surface area contributed by atoms with Crippen LogP contribution in [0.3, 0.4) is 0 Å². The number of hydrogen-bond acceptors (Lipinski definition) is 4. The number of pyridine rings is 1. The van der Waals surface area contributed by atoms with Gasteiger partial charge in [0.1, 0.15) is 23.9 Å². The first-order valence-electron chi connectivity index (χ1n) is 12.2. The van der Waals surface area contributed by atoms with Gasteiger partial charge in [0, 0.05) is 12.3 Å². The fourth-order valence-corrected chi connectivity index (χ4v) is 3.18. The Morgan fingerprint density at radius 3 is 2.46 bits per heavy atom. The van der Waals surface area contributed by atoms with E-state index in [2.05, 4.69) is 44.1 Å². The lowest BCUT2D eigenvalue weighted by molar-refractivity contribution is 0.202. The molecule has 3 rings (SSSR count). The quantitative estimate of drug-likeness (QED) is 0.294. The smallest absolute Gasteiger partial charge is 0.316 e. The predicted molar refractivity (Wildman–Crippen MR) is 142 cm³/mol. The summed E-state index contributed by atoms with van der Waals surface area (Å²) in [4.78, 5) is 14.4. The van der Waals surface area contributed by atoms with E-state index in [4.69, 9.17) is 15.6 Å². The number of urea groups is 1. The molecule has 192 valence electrons. The van der Waals surface area contributed by atoms with Crippen LogP contribution in [0.1, 0.15) is 58.9 Å². The van der Waals surface area contributed by atoms with Crippen LogP contribution in [0, 0.1) is 11.7 Å². The topological polar surface area (TPSA) is 97.5 Å². The van der Waals surface area contributed by atoms with Gasteiger partial charge in [-0.2, -0.15) is 0 Å². The molecule has 1 heterocycles. The zero-order valence-corrected chi connectivity index (χ0v) is 21.4. The van der Waals surface area contributed by atoms with Crippen molar-refractivity contribution < 1.29 is 19.0 Å². The minimum Gasteiger partial charge on any atom is -0.489 e. The summed E-state index contributed by atoms with van der Waals surface area (Å²) in [7, 11) is 0. The molecule has 7 heteroatoms. The van der Waals surface area contributed by atoms with E-state index in [1.54, 1.807) is 12.1 Å². The summed E-state index contributed by atoms with van der Waals surface area (Å²) < 4.78 is 17.9. The highest BCUT2D eigenvalue weighted by molar-refractivity contribution is 5.89. The van der Waals surface area contributed by atoms with Crippen LogP contribution < -0.4 is 15.8 Å². The summed E-state index contributed by atoms with van der Waals surface area (Å²) in [6.45, 7) is 8.99. The van der Waals surface area contributed by atoms with E-state index in [0.717, 1.165) is 23.1 Å². The van der Waals surface area contributed by atoms with Crippen LogP contribution in [0.25, 0.3) is 10.8 Å². The van der Waals surface area contributed by atoms with Crippen LogP contribution in [-0.2, 0) is 6.42 Å². The van der Waals surface area contributed by atoms with Crippen LogP contribution in [0.4, 0.5) is 14.9 Å². The summed E-state index contributed by atoms with van der Waals surface area (Å²) >= 11 is 0. The van der Waals surface area contributed by atoms with Gasteiger partial charge >= 0.3 is 6.03 Å². The van der Waals surface area contributed by atoms with E-state index >= 15 is 0 Å². The number of ether oxygens (including phenoxy) is 1. The molecule has 6 nitrogen and oxygen atoms in total. The predicted octanol–water partition coefficient (Wildman–Crippen LogP) is 6.71. The van der Waals surface area contributed by atoms with Gasteiger partial charge in [0.05, 0.1) is 12.8 Å². The lowest BCUT2D eigenvalue weighted by atomic mass is 10.1. The van der Waals surface area contributed by atoms with E-state index in [-0.39, 0.29) is 19.0 Å². The number of amides is 2. The Morgan fingerprint density at radius 2 is 1.83 bits per heavy atom. The summed E-state index contributed by atoms with van der Waals surface area (Å²) in [6, 6.07) is 11.9. The fraction of sp³-hybridized carbons (Fsp3) is 0.429. The van der Waals surface area contributed by atoms with Crippen molar-refractivity contribution in [1.82, 2.24) is 4.98 Å². The first kappa shape index (κ1) is 29.8. The van der Waals surface area contributed by atoms with Gasteiger partial charge < -0.3 is 20.9 Å². The lowest BCUT2D eigenvalue weighted by Gasteiger charge is -2.09. The number of rotatable bonds is 9. The molecule has 0 aliphatic carbocycles. The maximum absolute atomic E-state index is 12.8. The van der Waals surface area contributed by atoms with E-state index in [0.29, 0.717) is 11.4 Å². The molecule has 0 saturated heterocycles. The van der Waals surface area contributed by atoms with E-state index in [1.807, 2.05) is 18.2 Å². The molecule has 0 spiro atoms. The second-order valence-electron chi connectivity index (χ2n) is 8.50. The van der Waals surface area contributed by atoms with E-state index in [1.165, 1.54) is 49.7 Å². The molecule has 2 amide bonds. The van der Waals surface area contributed by atoms with Gasteiger partial charge in [-0.05, 0) is 40.8 Å². The summed E-state index contributed by atoms with van der Waals surface area (Å²) in [5, 5.41) is 13.0. The number of benzene rings is 2. The number of aromatic nitrogens is 1. The number of aryl methyl sites for hydroxylation is 1. The van der Waals surface area contributed by atoms with Crippen molar-refractivity contribution in [3.8, 4) is 5.75 Å². The third-order valence-electron chi connectivity index (χ3n) is 5.05. The van der Waals surface area contributed by atoms with Gasteiger partial charge in [0.25, 0.3) is 0 Å². The highest BCUT2D eigenvalue weighted by Crippen LogP contribution is 2.21. The van der Waals surface area contributed by atoms with Gasteiger partial charge in [-0.3, -0.25) is 4.98 Å². The Morgan fingerprint density at radius 1 is 1.11 bits per heavy atom. The maximum Gasteiger partial charge on any atom is 0.316 e. The van der Waals surface area contributed by atoms with Gasteiger partial charge in [-0.15, -0.1) is 0 Å². The first-order valence-corrected chi connectivity index (χ1v) is 12.2. The molecule has 3 aromatic rings. The number of nitrogens with zero attached hydrogens (tertiary/aromatic N) is 1. The van der Waals surface area contributed by atoms with Crippen LogP contribution in [0.15, 0.2) is 54.9 Å². The summed E-state index contributed by atoms with van der Waals surface area (Å²) in [6.07, 6.45) is 9.55. The molecule has 1 aromatic heterocycles. The van der Waals surface area contributed by atoms with E-state index < -0.39 is 6.03 Å². The van der Waals surface area contributed by atoms with Crippen LogP contribution >= 0.6 is 0 Å². The first-order chi connectivity index (χ1) is 16.8. The minimum absolute atomic E-state index is 0.0989. The molecule has 0 radical (unpaired) electrons. The Balaban J connectivity index is 0.000000273. The van der Waals surface area contributed by atoms with Gasteiger partial charge in [-0.1, -0.05) is 77.6 Å². The normalized spacial score (nSPS) is 10.1. The largest absolute Gasteiger partial charge is 0.489 e. The van der Waals surface area contributed by atoms with Crippen molar-refractivity contribution in [2.24, 2.45) is 11.7 Å². The number of unbranched alkanes of at least 4 members (excludes halogenated alkanes) is 2. The molecule has 0 unspecified atom stereocenters. The lowest BCUT2D eigenvalue weighted by Crippen LogP contribution is -2.20. The highest BCUT2D eigenvalue weighted by Gasteiger charge is 2.04. The van der Waals surface area contributed by atoms with Crippen LogP contribution in [0.5, 0.6) is 5.75 Å². The van der Waals surface area contributed by atoms with Crippen LogP contribution in [0.2, 0.25) is 0 Å². The maximum atomic E-state index is 12.8. The van der Waals surface area contributed by atoms with Crippen LogP contribution in [-0.4, -0.2) is 29.3 Å². The van der Waals surface area contributed by atoms with Crippen molar-refractivity contribution in [3.05, 3.63) is 66.2 Å². The number of anilines is 1. The molecule has 0 aliphatic rings. The second kappa shape index (κ2) is 17.3. The monoisotopic (exact) mass is 485 g/mol. The average Bonchev–Trinajstić information content (AvgIpc) is 2.83. The number of primary amides is 1. The highest BCUT2D eigenvalue weighted by atomic mass is 19.1. The molecule has 0 aliphatic heterocycles. The van der Waals surface area contributed by atoms with Gasteiger partial charge in [-0.25, -0.2) is 9.18 Å². The average molecular weight is 486 g/mol. The van der Waals surface area contributed by atoms with Crippen molar-refractivity contribution in [1.29, 1.82) is 0 Å². The molecule has 0 fully saturated rings. The third kappa shape index (κ3) is 12.7. The molecular formula is C28H40FN3O3. The molecule has 35 heavy (non-hydrogen) atoms. The number of nitrogens with two attached hydrogens (primary N) is 1. The zero-order valence-electron chi connectivity index (χ0n) is 21.4. The number of aliphatic hydroxyl groups excluding tert-OH is 1. The number of fused-ring (bicyclic) bond motifs is 1. The minimum atomic E-state index is -0.688. The number of halogens is 1. The Hall–Kier alpha value is -3.19.